The molecule has 1 aliphatic carbocycles. The lowest BCUT2D eigenvalue weighted by Crippen LogP contribution is -2.53. The van der Waals surface area contributed by atoms with E-state index in [1.165, 1.54) is 58.0 Å². The lowest BCUT2D eigenvalue weighted by Gasteiger charge is -2.48. The summed E-state index contributed by atoms with van der Waals surface area (Å²) < 4.78 is 0. The van der Waals surface area contributed by atoms with Crippen LogP contribution in [0.25, 0.3) is 0 Å². The van der Waals surface area contributed by atoms with E-state index in [4.69, 9.17) is 0 Å². The molecule has 1 heterocycles. The summed E-state index contributed by atoms with van der Waals surface area (Å²) >= 11 is 0. The van der Waals surface area contributed by atoms with Gasteiger partial charge in [-0.1, -0.05) is 33.6 Å². The summed E-state index contributed by atoms with van der Waals surface area (Å²) in [6, 6.07) is 1.50. The Bertz CT molecular complexity index is 285. The van der Waals surface area contributed by atoms with Crippen molar-refractivity contribution in [2.75, 3.05) is 19.6 Å². The van der Waals surface area contributed by atoms with Gasteiger partial charge in [0.15, 0.2) is 0 Å². The van der Waals surface area contributed by atoms with E-state index >= 15 is 0 Å². The predicted molar refractivity (Wildman–Crippen MR) is 88.1 cm³/mol. The molecule has 0 amide bonds. The molecule has 1 saturated carbocycles. The van der Waals surface area contributed by atoms with Gasteiger partial charge < -0.3 is 5.32 Å². The van der Waals surface area contributed by atoms with E-state index < -0.39 is 0 Å². The molecule has 0 bridgehead atoms. The number of hydrogen-bond acceptors (Lipinski definition) is 2. The van der Waals surface area contributed by atoms with Gasteiger partial charge in [-0.05, 0) is 63.5 Å². The average molecular weight is 280 g/mol. The fraction of sp³-hybridized carbons (Fsp3) is 1.00. The van der Waals surface area contributed by atoms with Gasteiger partial charge in [0.05, 0.1) is 0 Å². The zero-order valence-electron chi connectivity index (χ0n) is 14.3. The fourth-order valence-corrected chi connectivity index (χ4v) is 4.22. The van der Waals surface area contributed by atoms with E-state index in [9.17, 15) is 0 Å². The molecule has 2 aliphatic rings. The van der Waals surface area contributed by atoms with Gasteiger partial charge >= 0.3 is 0 Å². The molecule has 0 aromatic heterocycles. The van der Waals surface area contributed by atoms with Gasteiger partial charge in [0, 0.05) is 18.6 Å². The highest BCUT2D eigenvalue weighted by Crippen LogP contribution is 2.37. The van der Waals surface area contributed by atoms with Crippen molar-refractivity contribution in [2.24, 2.45) is 11.3 Å². The minimum Gasteiger partial charge on any atom is -0.314 e. The highest BCUT2D eigenvalue weighted by molar-refractivity contribution is 4.92. The third kappa shape index (κ3) is 3.98. The van der Waals surface area contributed by atoms with E-state index in [0.717, 1.165) is 18.5 Å². The van der Waals surface area contributed by atoms with Crippen LogP contribution < -0.4 is 5.32 Å². The van der Waals surface area contributed by atoms with Crippen molar-refractivity contribution in [3.05, 3.63) is 0 Å². The van der Waals surface area contributed by atoms with Crippen molar-refractivity contribution >= 4 is 0 Å². The van der Waals surface area contributed by atoms with Gasteiger partial charge in [0.2, 0.25) is 0 Å². The van der Waals surface area contributed by atoms with Gasteiger partial charge in [0.1, 0.15) is 0 Å². The summed E-state index contributed by atoms with van der Waals surface area (Å²) in [5, 5.41) is 3.71. The third-order valence-electron chi connectivity index (χ3n) is 5.84. The summed E-state index contributed by atoms with van der Waals surface area (Å²) in [5.41, 5.74) is 0.370. The number of fused-ring (bicyclic) bond motifs is 1. The van der Waals surface area contributed by atoms with Gasteiger partial charge in [-0.2, -0.15) is 0 Å². The maximum atomic E-state index is 3.71. The first kappa shape index (κ1) is 16.3. The minimum atomic E-state index is 0.370. The zero-order chi connectivity index (χ0) is 14.6. The number of nitrogens with zero attached hydrogens (tertiary/aromatic N) is 1. The Morgan fingerprint density at radius 1 is 1.15 bits per heavy atom. The Hall–Kier alpha value is -0.0800. The smallest absolute Gasteiger partial charge is 0.0124 e. The summed E-state index contributed by atoms with van der Waals surface area (Å²) in [6.45, 7) is 13.3. The first-order valence-corrected chi connectivity index (χ1v) is 9.02. The first-order chi connectivity index (χ1) is 9.54. The predicted octanol–water partition coefficient (Wildman–Crippen LogP) is 4.06. The van der Waals surface area contributed by atoms with Crippen LogP contribution in [0.15, 0.2) is 0 Å². The van der Waals surface area contributed by atoms with Crippen molar-refractivity contribution in [1.82, 2.24) is 10.2 Å². The Balaban J connectivity index is 1.92. The number of nitrogens with one attached hydrogen (secondary N) is 1. The van der Waals surface area contributed by atoms with E-state index in [1.54, 1.807) is 0 Å². The number of rotatable bonds is 6. The third-order valence-corrected chi connectivity index (χ3v) is 5.84. The second-order valence-electron chi connectivity index (χ2n) is 7.89. The molecule has 0 spiro atoms. The molecule has 1 aliphatic heterocycles. The molecule has 0 aromatic rings. The lowest BCUT2D eigenvalue weighted by atomic mass is 9.76. The van der Waals surface area contributed by atoms with E-state index in [1.807, 2.05) is 0 Å². The molecule has 3 unspecified atom stereocenters. The number of likely N-dealkylation sites (tertiary alicyclic amines) is 1. The van der Waals surface area contributed by atoms with Crippen molar-refractivity contribution < 1.29 is 0 Å². The Morgan fingerprint density at radius 2 is 1.85 bits per heavy atom. The van der Waals surface area contributed by atoms with Crippen molar-refractivity contribution in [2.45, 2.75) is 84.7 Å². The summed E-state index contributed by atoms with van der Waals surface area (Å²) in [7, 11) is 0. The normalized spacial score (nSPS) is 30.0. The van der Waals surface area contributed by atoms with Crippen LogP contribution in [-0.2, 0) is 0 Å². The fourth-order valence-electron chi connectivity index (χ4n) is 4.22. The topological polar surface area (TPSA) is 15.3 Å². The molecule has 0 aromatic carbocycles. The van der Waals surface area contributed by atoms with Crippen molar-refractivity contribution in [3.63, 3.8) is 0 Å². The zero-order valence-corrected chi connectivity index (χ0v) is 14.3. The van der Waals surface area contributed by atoms with Crippen molar-refractivity contribution in [3.8, 4) is 0 Å². The van der Waals surface area contributed by atoms with Gasteiger partial charge in [0.25, 0.3) is 0 Å². The maximum Gasteiger partial charge on any atom is 0.0124 e. The summed E-state index contributed by atoms with van der Waals surface area (Å²) in [4.78, 5) is 2.84. The van der Waals surface area contributed by atoms with Crippen LogP contribution in [0.3, 0.4) is 0 Å². The van der Waals surface area contributed by atoms with E-state index in [-0.39, 0.29) is 0 Å². The molecule has 0 radical (unpaired) electrons. The second kappa shape index (κ2) is 7.26. The minimum absolute atomic E-state index is 0.370. The van der Waals surface area contributed by atoms with Crippen molar-refractivity contribution in [1.29, 1.82) is 0 Å². The van der Waals surface area contributed by atoms with Crippen LogP contribution in [0, 0.1) is 11.3 Å². The molecule has 118 valence electrons. The second-order valence-corrected chi connectivity index (χ2v) is 7.89. The molecule has 3 atom stereocenters. The molecule has 2 fully saturated rings. The van der Waals surface area contributed by atoms with Crippen LogP contribution in [-0.4, -0.2) is 36.6 Å². The summed E-state index contributed by atoms with van der Waals surface area (Å²) in [6.07, 6.45) is 10.0. The Kier molecular flexibility index (Phi) is 5.92. The quantitative estimate of drug-likeness (QED) is 0.789. The molecular weight excluding hydrogens is 244 g/mol. The van der Waals surface area contributed by atoms with Gasteiger partial charge in [-0.3, -0.25) is 4.90 Å². The highest BCUT2D eigenvalue weighted by Gasteiger charge is 2.37. The van der Waals surface area contributed by atoms with Crippen LogP contribution in [0.2, 0.25) is 0 Å². The van der Waals surface area contributed by atoms with Gasteiger partial charge in [-0.25, -0.2) is 0 Å². The van der Waals surface area contributed by atoms with E-state index in [2.05, 4.69) is 37.9 Å². The molecule has 2 heteroatoms. The SMILES string of the molecule is CCCNC(C)C(C)(C)CN1CCCC2CCCCC21. The summed E-state index contributed by atoms with van der Waals surface area (Å²) in [5.74, 6) is 1.01. The highest BCUT2D eigenvalue weighted by atomic mass is 15.2. The Morgan fingerprint density at radius 3 is 2.60 bits per heavy atom. The van der Waals surface area contributed by atoms with Crippen LogP contribution in [0.4, 0.5) is 0 Å². The average Bonchev–Trinajstić information content (AvgIpc) is 2.44. The van der Waals surface area contributed by atoms with Crippen LogP contribution in [0.5, 0.6) is 0 Å². The Labute approximate surface area is 126 Å². The molecule has 2 rings (SSSR count). The molecule has 2 nitrogen and oxygen atoms in total. The number of hydrogen-bond donors (Lipinski definition) is 1. The molecule has 1 saturated heterocycles. The van der Waals surface area contributed by atoms with Crippen LogP contribution in [0.1, 0.15) is 72.6 Å². The molecular formula is C18H36N2. The molecule has 20 heavy (non-hydrogen) atoms. The standard InChI is InChI=1S/C18H36N2/c1-5-12-19-15(2)18(3,4)14-20-13-8-10-16-9-6-7-11-17(16)20/h15-17,19H,5-14H2,1-4H3. The largest absolute Gasteiger partial charge is 0.314 e. The lowest BCUT2D eigenvalue weighted by molar-refractivity contribution is 0.0237. The van der Waals surface area contributed by atoms with Gasteiger partial charge in [-0.15, -0.1) is 0 Å². The van der Waals surface area contributed by atoms with E-state index in [0.29, 0.717) is 11.5 Å². The first-order valence-electron chi connectivity index (χ1n) is 9.02. The molecule has 1 N–H and O–H groups in total. The monoisotopic (exact) mass is 280 g/mol. The number of piperidine rings is 1. The van der Waals surface area contributed by atoms with Crippen LogP contribution >= 0.6 is 0 Å². The maximum absolute atomic E-state index is 3.71.